The molecule has 0 saturated carbocycles. The van der Waals surface area contributed by atoms with Gasteiger partial charge in [-0.15, -0.1) is 0 Å². The number of piperidine rings is 1. The van der Waals surface area contributed by atoms with Crippen LogP contribution in [0.1, 0.15) is 37.1 Å². The minimum Gasteiger partial charge on any atom is -0.481 e. The Kier molecular flexibility index (Phi) is 5.33. The summed E-state index contributed by atoms with van der Waals surface area (Å²) >= 11 is 0. The molecule has 1 aliphatic heterocycles. The van der Waals surface area contributed by atoms with E-state index in [2.05, 4.69) is 20.7 Å². The van der Waals surface area contributed by atoms with Crippen molar-refractivity contribution in [2.75, 3.05) is 18.4 Å². The van der Waals surface area contributed by atoms with Crippen molar-refractivity contribution in [1.82, 2.24) is 20.1 Å². The van der Waals surface area contributed by atoms with Gasteiger partial charge in [0.2, 0.25) is 5.95 Å². The van der Waals surface area contributed by atoms with E-state index >= 15 is 0 Å². The van der Waals surface area contributed by atoms with Crippen LogP contribution in [0.4, 0.5) is 5.95 Å². The summed E-state index contributed by atoms with van der Waals surface area (Å²) in [6, 6.07) is 7.62. The molecule has 7 heteroatoms. The third-order valence-corrected chi connectivity index (χ3v) is 4.42. The molecule has 1 unspecified atom stereocenters. The lowest BCUT2D eigenvalue weighted by molar-refractivity contribution is -0.122. The summed E-state index contributed by atoms with van der Waals surface area (Å²) in [6.45, 7) is 5.69. The van der Waals surface area contributed by atoms with Crippen LogP contribution in [0.25, 0.3) is 0 Å². The van der Waals surface area contributed by atoms with Gasteiger partial charge in [-0.25, -0.2) is 4.68 Å². The lowest BCUT2D eigenvalue weighted by Crippen LogP contribution is -2.31. The summed E-state index contributed by atoms with van der Waals surface area (Å²) in [5.41, 5.74) is 1.15. The molecule has 0 aliphatic carbocycles. The number of carbonyl (C=O) groups excluding carboxylic acids is 1. The molecular weight excluding hydrogens is 318 g/mol. The third-order valence-electron chi connectivity index (χ3n) is 4.42. The van der Waals surface area contributed by atoms with Gasteiger partial charge in [-0.1, -0.05) is 17.7 Å². The number of benzene rings is 1. The molecule has 1 aliphatic rings. The predicted octanol–water partition coefficient (Wildman–Crippen LogP) is 2.00. The fraction of sp³-hybridized carbons (Fsp3) is 0.500. The van der Waals surface area contributed by atoms with E-state index in [0.29, 0.717) is 17.6 Å². The monoisotopic (exact) mass is 343 g/mol. The first kappa shape index (κ1) is 17.4. The number of hydrogen-bond donors (Lipinski definition) is 2. The van der Waals surface area contributed by atoms with Gasteiger partial charge >= 0.3 is 0 Å². The highest BCUT2D eigenvalue weighted by molar-refractivity contribution is 5.92. The maximum Gasteiger partial charge on any atom is 0.267 e. The summed E-state index contributed by atoms with van der Waals surface area (Å²) in [5.74, 6) is 2.03. The average Bonchev–Trinajstić information content (AvgIpc) is 2.98. The smallest absolute Gasteiger partial charge is 0.267 e. The molecule has 1 aromatic heterocycles. The van der Waals surface area contributed by atoms with Gasteiger partial charge in [0.05, 0.1) is 0 Å². The zero-order chi connectivity index (χ0) is 17.8. The number of aryl methyl sites for hydroxylation is 2. The predicted molar refractivity (Wildman–Crippen MR) is 95.7 cm³/mol. The molecule has 0 radical (unpaired) electrons. The van der Waals surface area contributed by atoms with E-state index in [1.165, 1.54) is 0 Å². The molecule has 1 saturated heterocycles. The highest BCUT2D eigenvalue weighted by Gasteiger charge is 2.22. The fourth-order valence-electron chi connectivity index (χ4n) is 2.85. The van der Waals surface area contributed by atoms with E-state index in [1.54, 1.807) is 18.7 Å². The Morgan fingerprint density at radius 1 is 1.32 bits per heavy atom. The van der Waals surface area contributed by atoms with Crippen LogP contribution < -0.4 is 15.4 Å². The maximum atomic E-state index is 12.4. The third kappa shape index (κ3) is 4.36. The van der Waals surface area contributed by atoms with E-state index < -0.39 is 6.10 Å². The minimum atomic E-state index is -0.623. The molecule has 25 heavy (non-hydrogen) atoms. The number of amides is 1. The van der Waals surface area contributed by atoms with Crippen LogP contribution >= 0.6 is 0 Å². The number of anilines is 1. The van der Waals surface area contributed by atoms with Crippen molar-refractivity contribution in [3.8, 4) is 5.75 Å². The molecule has 0 spiro atoms. The van der Waals surface area contributed by atoms with Gasteiger partial charge in [0.25, 0.3) is 5.91 Å². The fourth-order valence-corrected chi connectivity index (χ4v) is 2.85. The molecule has 2 heterocycles. The second-order valence-electron chi connectivity index (χ2n) is 6.50. The number of rotatable bonds is 5. The standard InChI is InChI=1S/C18H25N5O2/c1-12-4-6-15(7-5-12)25-13(2)17(24)21-18-20-16(22-23(18)3)14-8-10-19-11-9-14/h4-7,13-14,19H,8-11H2,1-3H3,(H,20,21,22,24). The van der Waals surface area contributed by atoms with Gasteiger partial charge in [0.15, 0.2) is 11.9 Å². The molecule has 1 amide bonds. The highest BCUT2D eigenvalue weighted by Crippen LogP contribution is 2.23. The van der Waals surface area contributed by atoms with Crippen molar-refractivity contribution >= 4 is 11.9 Å². The van der Waals surface area contributed by atoms with Crippen molar-refractivity contribution in [3.05, 3.63) is 35.7 Å². The van der Waals surface area contributed by atoms with Gasteiger partial charge < -0.3 is 10.1 Å². The molecule has 2 N–H and O–H groups in total. The van der Waals surface area contributed by atoms with Crippen molar-refractivity contribution in [1.29, 1.82) is 0 Å². The van der Waals surface area contributed by atoms with Crippen LogP contribution in [-0.2, 0) is 11.8 Å². The largest absolute Gasteiger partial charge is 0.481 e. The van der Waals surface area contributed by atoms with Gasteiger partial charge in [-0.2, -0.15) is 10.1 Å². The molecule has 0 bridgehead atoms. The van der Waals surface area contributed by atoms with E-state index in [-0.39, 0.29) is 5.91 Å². The Hall–Kier alpha value is -2.41. The SMILES string of the molecule is Cc1ccc(OC(C)C(=O)Nc2nc(C3CCNCC3)nn2C)cc1. The highest BCUT2D eigenvalue weighted by atomic mass is 16.5. The van der Waals surface area contributed by atoms with E-state index in [1.807, 2.05) is 31.2 Å². The molecule has 134 valence electrons. The number of aromatic nitrogens is 3. The number of nitrogens with one attached hydrogen (secondary N) is 2. The van der Waals surface area contributed by atoms with Crippen LogP contribution in [0.2, 0.25) is 0 Å². The number of ether oxygens (including phenoxy) is 1. The van der Waals surface area contributed by atoms with Crippen LogP contribution in [0.3, 0.4) is 0 Å². The molecule has 7 nitrogen and oxygen atoms in total. The van der Waals surface area contributed by atoms with Crippen molar-refractivity contribution in [3.63, 3.8) is 0 Å². The van der Waals surface area contributed by atoms with Crippen molar-refractivity contribution in [2.24, 2.45) is 7.05 Å². The van der Waals surface area contributed by atoms with Gasteiger partial charge in [-0.3, -0.25) is 10.1 Å². The first-order chi connectivity index (χ1) is 12.0. The van der Waals surface area contributed by atoms with E-state index in [4.69, 9.17) is 4.74 Å². The number of carbonyl (C=O) groups is 1. The number of hydrogen-bond acceptors (Lipinski definition) is 5. The topological polar surface area (TPSA) is 81.1 Å². The van der Waals surface area contributed by atoms with E-state index in [0.717, 1.165) is 37.3 Å². The summed E-state index contributed by atoms with van der Waals surface area (Å²) in [6.07, 6.45) is 1.41. The summed E-state index contributed by atoms with van der Waals surface area (Å²) in [5, 5.41) is 10.6. The maximum absolute atomic E-state index is 12.4. The molecule has 3 rings (SSSR count). The number of nitrogens with zero attached hydrogens (tertiary/aromatic N) is 3. The quantitative estimate of drug-likeness (QED) is 0.868. The second-order valence-corrected chi connectivity index (χ2v) is 6.50. The molecule has 1 aromatic carbocycles. The molecular formula is C18H25N5O2. The summed E-state index contributed by atoms with van der Waals surface area (Å²) in [7, 11) is 1.79. The zero-order valence-electron chi connectivity index (χ0n) is 15.0. The average molecular weight is 343 g/mol. The molecule has 2 aromatic rings. The summed E-state index contributed by atoms with van der Waals surface area (Å²) in [4.78, 5) is 16.9. The lowest BCUT2D eigenvalue weighted by atomic mass is 9.98. The Labute approximate surface area is 147 Å². The van der Waals surface area contributed by atoms with Crippen LogP contribution in [-0.4, -0.2) is 39.9 Å². The van der Waals surface area contributed by atoms with Crippen molar-refractivity contribution < 1.29 is 9.53 Å². The molecule has 1 atom stereocenters. The van der Waals surface area contributed by atoms with Gasteiger partial charge in [-0.05, 0) is 51.9 Å². The van der Waals surface area contributed by atoms with Crippen LogP contribution in [0.5, 0.6) is 5.75 Å². The Morgan fingerprint density at radius 2 is 2.00 bits per heavy atom. The van der Waals surface area contributed by atoms with Crippen LogP contribution in [0, 0.1) is 6.92 Å². The van der Waals surface area contributed by atoms with Gasteiger partial charge in [0, 0.05) is 13.0 Å². The van der Waals surface area contributed by atoms with E-state index in [9.17, 15) is 4.79 Å². The Bertz CT molecular complexity index is 720. The Morgan fingerprint density at radius 3 is 2.68 bits per heavy atom. The first-order valence-electron chi connectivity index (χ1n) is 8.69. The minimum absolute atomic E-state index is 0.243. The molecule has 1 fully saturated rings. The van der Waals surface area contributed by atoms with Crippen LogP contribution in [0.15, 0.2) is 24.3 Å². The van der Waals surface area contributed by atoms with Gasteiger partial charge in [0.1, 0.15) is 5.75 Å². The van der Waals surface area contributed by atoms with Crippen molar-refractivity contribution in [2.45, 2.75) is 38.7 Å². The summed E-state index contributed by atoms with van der Waals surface area (Å²) < 4.78 is 7.31. The second kappa shape index (κ2) is 7.65. The lowest BCUT2D eigenvalue weighted by Gasteiger charge is -2.19. The normalized spacial score (nSPS) is 16.4. The first-order valence-corrected chi connectivity index (χ1v) is 8.69. The Balaban J connectivity index is 1.61. The zero-order valence-corrected chi connectivity index (χ0v) is 15.0.